The molecule has 0 spiro atoms. The van der Waals surface area contributed by atoms with Crippen molar-refractivity contribution in [2.24, 2.45) is 0 Å². The van der Waals surface area contributed by atoms with Crippen LogP contribution in [0, 0.1) is 13.8 Å². The first-order chi connectivity index (χ1) is 13.9. The zero-order valence-electron chi connectivity index (χ0n) is 16.2. The predicted molar refractivity (Wildman–Crippen MR) is 119 cm³/mol. The summed E-state index contributed by atoms with van der Waals surface area (Å²) in [5, 5.41) is 5.63. The topological polar surface area (TPSA) is 67.4 Å². The fraction of sp³-hybridized carbons (Fsp3) is 0.130. The van der Waals surface area contributed by atoms with Gasteiger partial charge >= 0.3 is 0 Å². The summed E-state index contributed by atoms with van der Waals surface area (Å²) < 4.78 is 6.51. The third kappa shape index (κ3) is 5.68. The molecule has 0 aromatic heterocycles. The summed E-state index contributed by atoms with van der Waals surface area (Å²) in [6, 6.07) is 19.9. The van der Waals surface area contributed by atoms with E-state index in [0.717, 1.165) is 15.6 Å². The van der Waals surface area contributed by atoms with Crippen LogP contribution in [-0.2, 0) is 4.79 Å². The van der Waals surface area contributed by atoms with Crippen molar-refractivity contribution in [1.82, 2.24) is 0 Å². The molecular weight excluding hydrogens is 432 g/mol. The summed E-state index contributed by atoms with van der Waals surface area (Å²) in [5.74, 6) is 0.204. The zero-order chi connectivity index (χ0) is 20.8. The van der Waals surface area contributed by atoms with Gasteiger partial charge in [-0.25, -0.2) is 0 Å². The number of amides is 2. The fourth-order valence-electron chi connectivity index (χ4n) is 2.72. The quantitative estimate of drug-likeness (QED) is 0.530. The molecule has 0 aliphatic carbocycles. The molecule has 0 saturated heterocycles. The Morgan fingerprint density at radius 3 is 2.17 bits per heavy atom. The Kier molecular flexibility index (Phi) is 6.67. The van der Waals surface area contributed by atoms with E-state index >= 15 is 0 Å². The molecule has 2 N–H and O–H groups in total. The molecule has 0 saturated carbocycles. The lowest BCUT2D eigenvalue weighted by Crippen LogP contribution is -2.20. The molecule has 29 heavy (non-hydrogen) atoms. The van der Waals surface area contributed by atoms with E-state index in [0.29, 0.717) is 22.7 Å². The van der Waals surface area contributed by atoms with Gasteiger partial charge in [0.05, 0.1) is 0 Å². The van der Waals surface area contributed by atoms with E-state index in [-0.39, 0.29) is 18.4 Å². The number of nitrogens with one attached hydrogen (secondary N) is 2. The second kappa shape index (κ2) is 9.39. The van der Waals surface area contributed by atoms with E-state index in [9.17, 15) is 9.59 Å². The monoisotopic (exact) mass is 452 g/mol. The van der Waals surface area contributed by atoms with Crippen LogP contribution < -0.4 is 15.4 Å². The summed E-state index contributed by atoms with van der Waals surface area (Å²) in [7, 11) is 0. The fourth-order valence-corrected chi connectivity index (χ4v) is 2.96. The lowest BCUT2D eigenvalue weighted by Gasteiger charge is -2.10. The van der Waals surface area contributed by atoms with E-state index in [1.165, 1.54) is 0 Å². The van der Waals surface area contributed by atoms with Crippen LogP contribution in [0.3, 0.4) is 0 Å². The van der Waals surface area contributed by atoms with Gasteiger partial charge in [0.1, 0.15) is 5.75 Å². The largest absolute Gasteiger partial charge is 0.484 e. The standard InChI is InChI=1S/C23H21BrN2O3/c1-15-5-3-4-6-20(15)23(28)26-18-9-7-17(8-10-18)25-22(27)14-29-19-11-12-21(24)16(2)13-19/h3-13H,14H2,1-2H3,(H,25,27)(H,26,28). The van der Waals surface area contributed by atoms with Crippen molar-refractivity contribution in [3.8, 4) is 5.75 Å². The minimum Gasteiger partial charge on any atom is -0.484 e. The minimum absolute atomic E-state index is 0.0904. The van der Waals surface area contributed by atoms with Crippen molar-refractivity contribution >= 4 is 39.1 Å². The molecule has 3 aromatic rings. The van der Waals surface area contributed by atoms with Crippen LogP contribution in [0.15, 0.2) is 71.2 Å². The van der Waals surface area contributed by atoms with Crippen LogP contribution in [0.25, 0.3) is 0 Å². The van der Waals surface area contributed by atoms with E-state index in [4.69, 9.17) is 4.74 Å². The molecule has 3 rings (SSSR count). The van der Waals surface area contributed by atoms with Crippen LogP contribution in [0.2, 0.25) is 0 Å². The summed E-state index contributed by atoms with van der Waals surface area (Å²) in [6.45, 7) is 3.76. The number of carbonyl (C=O) groups excluding carboxylic acids is 2. The Labute approximate surface area is 178 Å². The van der Waals surface area contributed by atoms with Gasteiger partial charge in [0, 0.05) is 21.4 Å². The smallest absolute Gasteiger partial charge is 0.262 e. The van der Waals surface area contributed by atoms with Gasteiger partial charge in [-0.2, -0.15) is 0 Å². The average Bonchev–Trinajstić information content (AvgIpc) is 2.70. The van der Waals surface area contributed by atoms with E-state index in [2.05, 4.69) is 26.6 Å². The number of aryl methyl sites for hydroxylation is 2. The van der Waals surface area contributed by atoms with Crippen molar-refractivity contribution < 1.29 is 14.3 Å². The maximum absolute atomic E-state index is 12.4. The highest BCUT2D eigenvalue weighted by molar-refractivity contribution is 9.10. The second-order valence-corrected chi connectivity index (χ2v) is 7.45. The molecular formula is C23H21BrN2O3. The number of benzene rings is 3. The van der Waals surface area contributed by atoms with Crippen LogP contribution in [-0.4, -0.2) is 18.4 Å². The van der Waals surface area contributed by atoms with Crippen molar-refractivity contribution in [1.29, 1.82) is 0 Å². The molecule has 148 valence electrons. The van der Waals surface area contributed by atoms with Gasteiger partial charge < -0.3 is 15.4 Å². The normalized spacial score (nSPS) is 10.3. The van der Waals surface area contributed by atoms with E-state index < -0.39 is 0 Å². The van der Waals surface area contributed by atoms with Gasteiger partial charge in [0.25, 0.3) is 11.8 Å². The Morgan fingerprint density at radius 1 is 0.862 bits per heavy atom. The molecule has 3 aromatic carbocycles. The van der Waals surface area contributed by atoms with Gasteiger partial charge in [-0.3, -0.25) is 9.59 Å². The van der Waals surface area contributed by atoms with Gasteiger partial charge in [-0.1, -0.05) is 34.1 Å². The Hall–Kier alpha value is -3.12. The second-order valence-electron chi connectivity index (χ2n) is 6.59. The van der Waals surface area contributed by atoms with Crippen LogP contribution in [0.1, 0.15) is 21.5 Å². The molecule has 0 atom stereocenters. The summed E-state index contributed by atoms with van der Waals surface area (Å²) in [5.41, 5.74) is 3.85. The minimum atomic E-state index is -0.262. The summed E-state index contributed by atoms with van der Waals surface area (Å²) in [6.07, 6.45) is 0. The Morgan fingerprint density at radius 2 is 1.52 bits per heavy atom. The first-order valence-electron chi connectivity index (χ1n) is 9.08. The molecule has 5 nitrogen and oxygen atoms in total. The Balaban J connectivity index is 1.53. The first-order valence-corrected chi connectivity index (χ1v) is 9.87. The van der Waals surface area contributed by atoms with Gasteiger partial charge in [0.2, 0.25) is 0 Å². The Bertz CT molecular complexity index is 1030. The van der Waals surface area contributed by atoms with Crippen molar-refractivity contribution in [2.75, 3.05) is 17.2 Å². The highest BCUT2D eigenvalue weighted by Crippen LogP contribution is 2.21. The van der Waals surface area contributed by atoms with Crippen LogP contribution in [0.5, 0.6) is 5.75 Å². The maximum Gasteiger partial charge on any atom is 0.262 e. The number of hydrogen-bond donors (Lipinski definition) is 2. The SMILES string of the molecule is Cc1cc(OCC(=O)Nc2ccc(NC(=O)c3ccccc3C)cc2)ccc1Br. The summed E-state index contributed by atoms with van der Waals surface area (Å²) >= 11 is 3.43. The van der Waals surface area contributed by atoms with Crippen LogP contribution >= 0.6 is 15.9 Å². The number of anilines is 2. The number of hydrogen-bond acceptors (Lipinski definition) is 3. The number of ether oxygens (including phenoxy) is 1. The highest BCUT2D eigenvalue weighted by atomic mass is 79.9. The zero-order valence-corrected chi connectivity index (χ0v) is 17.7. The number of carbonyl (C=O) groups is 2. The molecule has 0 aliphatic rings. The molecule has 0 aliphatic heterocycles. The average molecular weight is 453 g/mol. The third-order valence-electron chi connectivity index (χ3n) is 4.32. The van der Waals surface area contributed by atoms with Gasteiger partial charge in [0.15, 0.2) is 6.61 Å². The summed E-state index contributed by atoms with van der Waals surface area (Å²) in [4.78, 5) is 24.5. The van der Waals surface area contributed by atoms with Gasteiger partial charge in [-0.15, -0.1) is 0 Å². The predicted octanol–water partition coefficient (Wildman–Crippen LogP) is 5.34. The lowest BCUT2D eigenvalue weighted by atomic mass is 10.1. The highest BCUT2D eigenvalue weighted by Gasteiger charge is 2.09. The molecule has 2 amide bonds. The van der Waals surface area contributed by atoms with Gasteiger partial charge in [-0.05, 0) is 73.5 Å². The lowest BCUT2D eigenvalue weighted by molar-refractivity contribution is -0.118. The molecule has 0 fully saturated rings. The maximum atomic E-state index is 12.4. The van der Waals surface area contributed by atoms with E-state index in [1.54, 1.807) is 36.4 Å². The molecule has 0 radical (unpaired) electrons. The van der Waals surface area contributed by atoms with Crippen molar-refractivity contribution in [3.63, 3.8) is 0 Å². The number of halogens is 1. The first kappa shape index (κ1) is 20.6. The number of rotatable bonds is 6. The van der Waals surface area contributed by atoms with Crippen molar-refractivity contribution in [2.45, 2.75) is 13.8 Å². The molecule has 0 unspecified atom stereocenters. The molecule has 0 heterocycles. The van der Waals surface area contributed by atoms with Crippen molar-refractivity contribution in [3.05, 3.63) is 87.9 Å². The van der Waals surface area contributed by atoms with Crippen LogP contribution in [0.4, 0.5) is 11.4 Å². The molecule has 0 bridgehead atoms. The molecule has 6 heteroatoms. The third-order valence-corrected chi connectivity index (χ3v) is 5.21. The van der Waals surface area contributed by atoms with E-state index in [1.807, 2.05) is 44.2 Å².